The van der Waals surface area contributed by atoms with Crippen molar-refractivity contribution in [3.63, 3.8) is 0 Å². The number of aliphatic hydroxyl groups is 1. The number of carbonyl (C=O) groups excluding carboxylic acids is 2. The average molecular weight is 320 g/mol. The summed E-state index contributed by atoms with van der Waals surface area (Å²) in [6.07, 6.45) is 3.06. The second kappa shape index (κ2) is 7.42. The third-order valence-electron chi connectivity index (χ3n) is 3.11. The number of esters is 2. The number of rotatable bonds is 5. The van der Waals surface area contributed by atoms with Crippen molar-refractivity contribution < 1.29 is 24.2 Å². The molecule has 0 fully saturated rings. The minimum absolute atomic E-state index is 0.244. The summed E-state index contributed by atoms with van der Waals surface area (Å²) in [5.41, 5.74) is -0.652. The van der Waals surface area contributed by atoms with Gasteiger partial charge in [-0.05, 0) is 51.8 Å². The predicted molar refractivity (Wildman–Crippen MR) is 87.0 cm³/mol. The standard InChI is InChI=1S/C18H24O5/c1-17(2,3)23-16(20)13-8-10-14(11-9-13)18(4,21)12-6-7-15(19)22-5/h6-11,21H,12H2,1-5H3. The molecule has 0 saturated carbocycles. The second-order valence-corrected chi connectivity index (χ2v) is 6.48. The molecule has 1 unspecified atom stereocenters. The van der Waals surface area contributed by atoms with Crippen molar-refractivity contribution in [2.75, 3.05) is 7.11 Å². The third-order valence-corrected chi connectivity index (χ3v) is 3.11. The van der Waals surface area contributed by atoms with Gasteiger partial charge < -0.3 is 14.6 Å². The molecule has 1 N–H and O–H groups in total. The minimum atomic E-state index is -1.16. The van der Waals surface area contributed by atoms with Gasteiger partial charge in [-0.1, -0.05) is 18.2 Å². The molecule has 1 aromatic rings. The van der Waals surface area contributed by atoms with E-state index in [0.29, 0.717) is 11.1 Å². The molecule has 1 aromatic carbocycles. The van der Waals surface area contributed by atoms with Crippen LogP contribution in [0.2, 0.25) is 0 Å². The van der Waals surface area contributed by atoms with Gasteiger partial charge >= 0.3 is 11.9 Å². The van der Waals surface area contributed by atoms with Crippen LogP contribution in [0.25, 0.3) is 0 Å². The van der Waals surface area contributed by atoms with Gasteiger partial charge in [0.2, 0.25) is 0 Å². The van der Waals surface area contributed by atoms with Crippen LogP contribution in [-0.2, 0) is 19.9 Å². The van der Waals surface area contributed by atoms with Crippen molar-refractivity contribution in [1.82, 2.24) is 0 Å². The summed E-state index contributed by atoms with van der Waals surface area (Å²) >= 11 is 0. The smallest absolute Gasteiger partial charge is 0.338 e. The second-order valence-electron chi connectivity index (χ2n) is 6.48. The Bertz CT molecular complexity index is 576. The van der Waals surface area contributed by atoms with Crippen LogP contribution in [0, 0.1) is 0 Å². The fourth-order valence-corrected chi connectivity index (χ4v) is 1.87. The van der Waals surface area contributed by atoms with E-state index in [-0.39, 0.29) is 6.42 Å². The lowest BCUT2D eigenvalue weighted by molar-refractivity contribution is -0.134. The first-order valence-corrected chi connectivity index (χ1v) is 7.36. The zero-order valence-electron chi connectivity index (χ0n) is 14.3. The van der Waals surface area contributed by atoms with Crippen LogP contribution in [0.15, 0.2) is 36.4 Å². The molecule has 5 nitrogen and oxygen atoms in total. The predicted octanol–water partition coefficient (Wildman–Crippen LogP) is 2.97. The molecule has 1 rings (SSSR count). The first-order valence-electron chi connectivity index (χ1n) is 7.36. The lowest BCUT2D eigenvalue weighted by Crippen LogP contribution is -2.24. The molecule has 126 valence electrons. The van der Waals surface area contributed by atoms with Crippen LogP contribution < -0.4 is 0 Å². The zero-order valence-corrected chi connectivity index (χ0v) is 14.3. The highest BCUT2D eigenvalue weighted by Crippen LogP contribution is 2.25. The number of hydrogen-bond donors (Lipinski definition) is 1. The van der Waals surface area contributed by atoms with Gasteiger partial charge in [0, 0.05) is 6.08 Å². The molecule has 0 saturated heterocycles. The van der Waals surface area contributed by atoms with Crippen molar-refractivity contribution in [2.45, 2.75) is 45.3 Å². The Hall–Kier alpha value is -2.14. The Morgan fingerprint density at radius 2 is 1.70 bits per heavy atom. The van der Waals surface area contributed by atoms with Crippen molar-refractivity contribution >= 4 is 11.9 Å². The molecule has 23 heavy (non-hydrogen) atoms. The van der Waals surface area contributed by atoms with Gasteiger partial charge in [0.15, 0.2) is 0 Å². The Morgan fingerprint density at radius 3 is 2.17 bits per heavy atom. The molecule has 0 amide bonds. The first-order chi connectivity index (χ1) is 10.5. The van der Waals surface area contributed by atoms with E-state index < -0.39 is 23.1 Å². The highest BCUT2D eigenvalue weighted by Gasteiger charge is 2.23. The van der Waals surface area contributed by atoms with Gasteiger partial charge in [0.1, 0.15) is 5.60 Å². The largest absolute Gasteiger partial charge is 0.466 e. The fraction of sp³-hybridized carbons (Fsp3) is 0.444. The number of methoxy groups -OCH3 is 1. The van der Waals surface area contributed by atoms with E-state index in [9.17, 15) is 14.7 Å². The van der Waals surface area contributed by atoms with Gasteiger partial charge in [-0.25, -0.2) is 9.59 Å². The van der Waals surface area contributed by atoms with E-state index in [1.165, 1.54) is 13.2 Å². The number of carbonyl (C=O) groups is 2. The minimum Gasteiger partial charge on any atom is -0.466 e. The van der Waals surface area contributed by atoms with Crippen LogP contribution >= 0.6 is 0 Å². The molecule has 0 bridgehead atoms. The fourth-order valence-electron chi connectivity index (χ4n) is 1.87. The van der Waals surface area contributed by atoms with Crippen molar-refractivity contribution in [3.05, 3.63) is 47.5 Å². The van der Waals surface area contributed by atoms with Crippen LogP contribution in [0.1, 0.15) is 50.0 Å². The molecule has 0 heterocycles. The Kier molecular flexibility index (Phi) is 6.10. The highest BCUT2D eigenvalue weighted by atomic mass is 16.6. The molecule has 0 spiro atoms. The number of ether oxygens (including phenoxy) is 2. The molecule has 0 aliphatic carbocycles. The van der Waals surface area contributed by atoms with Crippen LogP contribution in [-0.4, -0.2) is 29.8 Å². The van der Waals surface area contributed by atoms with Gasteiger partial charge in [-0.15, -0.1) is 0 Å². The summed E-state index contributed by atoms with van der Waals surface area (Å²) in [6.45, 7) is 7.05. The molecule has 0 radical (unpaired) electrons. The van der Waals surface area contributed by atoms with Crippen LogP contribution in [0.5, 0.6) is 0 Å². The highest BCUT2D eigenvalue weighted by molar-refractivity contribution is 5.89. The maximum Gasteiger partial charge on any atom is 0.338 e. The quantitative estimate of drug-likeness (QED) is 0.667. The topological polar surface area (TPSA) is 72.8 Å². The molecule has 5 heteroatoms. The molecule has 0 aliphatic rings. The summed E-state index contributed by atoms with van der Waals surface area (Å²) in [5, 5.41) is 10.5. The number of hydrogen-bond acceptors (Lipinski definition) is 5. The monoisotopic (exact) mass is 320 g/mol. The van der Waals surface area contributed by atoms with E-state index in [2.05, 4.69) is 4.74 Å². The van der Waals surface area contributed by atoms with Gasteiger partial charge in [0.05, 0.1) is 18.3 Å². The maximum atomic E-state index is 12.0. The van der Waals surface area contributed by atoms with Gasteiger partial charge in [-0.3, -0.25) is 0 Å². The Balaban J connectivity index is 2.80. The van der Waals surface area contributed by atoms with Crippen molar-refractivity contribution in [2.24, 2.45) is 0 Å². The Morgan fingerprint density at radius 1 is 1.13 bits per heavy atom. The molecule has 0 aliphatic heterocycles. The normalized spacial score (nSPS) is 14.3. The van der Waals surface area contributed by atoms with Crippen LogP contribution in [0.4, 0.5) is 0 Å². The van der Waals surface area contributed by atoms with E-state index in [4.69, 9.17) is 4.74 Å². The summed E-state index contributed by atoms with van der Waals surface area (Å²) in [4.78, 5) is 23.0. The van der Waals surface area contributed by atoms with Gasteiger partial charge in [-0.2, -0.15) is 0 Å². The average Bonchev–Trinajstić information content (AvgIpc) is 2.45. The summed E-state index contributed by atoms with van der Waals surface area (Å²) in [7, 11) is 1.29. The molecular weight excluding hydrogens is 296 g/mol. The number of benzene rings is 1. The van der Waals surface area contributed by atoms with Crippen LogP contribution in [0.3, 0.4) is 0 Å². The third kappa shape index (κ3) is 6.24. The Labute approximate surface area is 136 Å². The molecular formula is C18H24O5. The molecule has 1 atom stereocenters. The first kappa shape index (κ1) is 18.9. The lowest BCUT2D eigenvalue weighted by Gasteiger charge is -2.23. The van der Waals surface area contributed by atoms with Gasteiger partial charge in [0.25, 0.3) is 0 Å². The van der Waals surface area contributed by atoms with Crippen molar-refractivity contribution in [1.29, 1.82) is 0 Å². The van der Waals surface area contributed by atoms with E-state index in [1.54, 1.807) is 58.0 Å². The zero-order chi connectivity index (χ0) is 17.7. The van der Waals surface area contributed by atoms with E-state index >= 15 is 0 Å². The summed E-state index contributed by atoms with van der Waals surface area (Å²) in [5.74, 6) is -0.879. The van der Waals surface area contributed by atoms with E-state index in [1.807, 2.05) is 0 Å². The van der Waals surface area contributed by atoms with Crippen molar-refractivity contribution in [3.8, 4) is 0 Å². The van der Waals surface area contributed by atoms with E-state index in [0.717, 1.165) is 0 Å². The SMILES string of the molecule is COC(=O)C=CCC(C)(O)c1ccc(C(=O)OC(C)(C)C)cc1. The summed E-state index contributed by atoms with van der Waals surface area (Å²) < 4.78 is 9.78. The molecule has 0 aromatic heterocycles. The maximum absolute atomic E-state index is 12.0. The summed E-state index contributed by atoms with van der Waals surface area (Å²) in [6, 6.07) is 6.57. The lowest BCUT2D eigenvalue weighted by atomic mass is 9.91.